The normalized spacial score (nSPS) is 18.8. The molecular formula is C19H21NO3S. The average Bonchev–Trinajstić information content (AvgIpc) is 2.54. The second kappa shape index (κ2) is 6.57. The zero-order valence-electron chi connectivity index (χ0n) is 14.1. The van der Waals surface area contributed by atoms with Crippen molar-refractivity contribution in [1.82, 2.24) is 4.98 Å². The van der Waals surface area contributed by atoms with Gasteiger partial charge in [0.05, 0.1) is 17.9 Å². The van der Waals surface area contributed by atoms with Crippen molar-refractivity contribution in [2.24, 2.45) is 0 Å². The Morgan fingerprint density at radius 3 is 2.83 bits per heavy atom. The van der Waals surface area contributed by atoms with Crippen LogP contribution in [0.2, 0.25) is 0 Å². The van der Waals surface area contributed by atoms with E-state index in [1.54, 1.807) is 19.2 Å². The standard InChI is InChI=1S/C19H21NO3S/c1-4-23-18(22)13-5-7-15(20-11-13)12-6-8-16-14(9-12)19(2,3)10-17(21)24-16/h5-9,11,17,21H,4,10H2,1-3H3. The molecule has 1 unspecified atom stereocenters. The van der Waals surface area contributed by atoms with Gasteiger partial charge in [-0.15, -0.1) is 0 Å². The van der Waals surface area contributed by atoms with Crippen LogP contribution in [0.25, 0.3) is 11.3 Å². The number of rotatable bonds is 3. The Kier molecular flexibility index (Phi) is 4.65. The number of pyridine rings is 1. The number of hydrogen-bond acceptors (Lipinski definition) is 5. The van der Waals surface area contributed by atoms with Crippen molar-refractivity contribution < 1.29 is 14.6 Å². The molecule has 0 spiro atoms. The van der Waals surface area contributed by atoms with Gasteiger partial charge >= 0.3 is 5.97 Å². The quantitative estimate of drug-likeness (QED) is 0.853. The number of hydrogen-bond donors (Lipinski definition) is 1. The molecule has 0 saturated heterocycles. The number of carbonyl (C=O) groups excluding carboxylic acids is 1. The second-order valence-electron chi connectivity index (χ2n) is 6.52. The van der Waals surface area contributed by atoms with E-state index < -0.39 is 0 Å². The van der Waals surface area contributed by atoms with Crippen molar-refractivity contribution in [2.45, 2.75) is 42.9 Å². The third kappa shape index (κ3) is 3.32. The zero-order chi connectivity index (χ0) is 17.3. The van der Waals surface area contributed by atoms with E-state index in [4.69, 9.17) is 4.74 Å². The molecule has 4 nitrogen and oxygen atoms in total. The van der Waals surface area contributed by atoms with E-state index in [1.807, 2.05) is 18.2 Å². The van der Waals surface area contributed by atoms with Gasteiger partial charge in [-0.25, -0.2) is 4.79 Å². The maximum absolute atomic E-state index is 11.7. The van der Waals surface area contributed by atoms with Gasteiger partial charge in [0.1, 0.15) is 5.44 Å². The van der Waals surface area contributed by atoms with Crippen LogP contribution < -0.4 is 0 Å². The van der Waals surface area contributed by atoms with Crippen molar-refractivity contribution in [3.8, 4) is 11.3 Å². The molecular weight excluding hydrogens is 322 g/mol. The van der Waals surface area contributed by atoms with Crippen LogP contribution in [0.5, 0.6) is 0 Å². The SMILES string of the molecule is CCOC(=O)c1ccc(-c2ccc3c(c2)C(C)(C)CC(O)S3)nc1. The first kappa shape index (κ1) is 17.0. The molecule has 1 aliphatic rings. The van der Waals surface area contributed by atoms with Gasteiger partial charge in [0.2, 0.25) is 0 Å². The molecule has 0 fully saturated rings. The van der Waals surface area contributed by atoms with Crippen LogP contribution in [0.4, 0.5) is 0 Å². The van der Waals surface area contributed by atoms with Gasteiger partial charge in [-0.1, -0.05) is 31.7 Å². The van der Waals surface area contributed by atoms with Crippen LogP contribution in [0.3, 0.4) is 0 Å². The first-order valence-electron chi connectivity index (χ1n) is 8.03. The number of ether oxygens (including phenoxy) is 1. The second-order valence-corrected chi connectivity index (χ2v) is 7.74. The van der Waals surface area contributed by atoms with Crippen molar-refractivity contribution in [2.75, 3.05) is 6.61 Å². The molecule has 5 heteroatoms. The van der Waals surface area contributed by atoms with E-state index in [0.717, 1.165) is 22.6 Å². The van der Waals surface area contributed by atoms with Crippen LogP contribution in [0, 0.1) is 0 Å². The number of fused-ring (bicyclic) bond motifs is 1. The maximum Gasteiger partial charge on any atom is 0.339 e. The van der Waals surface area contributed by atoms with Crippen LogP contribution in [-0.4, -0.2) is 28.1 Å². The van der Waals surface area contributed by atoms with E-state index in [-0.39, 0.29) is 16.8 Å². The molecule has 2 heterocycles. The molecule has 0 saturated carbocycles. The highest BCUT2D eigenvalue weighted by Crippen LogP contribution is 2.45. The lowest BCUT2D eigenvalue weighted by Gasteiger charge is -2.35. The van der Waals surface area contributed by atoms with Gasteiger partial charge in [-0.05, 0) is 48.6 Å². The third-order valence-electron chi connectivity index (χ3n) is 4.23. The Morgan fingerprint density at radius 1 is 1.38 bits per heavy atom. The largest absolute Gasteiger partial charge is 0.462 e. The number of aliphatic hydroxyl groups is 1. The maximum atomic E-state index is 11.7. The van der Waals surface area contributed by atoms with E-state index in [1.165, 1.54) is 17.3 Å². The number of carbonyl (C=O) groups is 1. The number of nitrogens with zero attached hydrogens (tertiary/aromatic N) is 1. The van der Waals surface area contributed by atoms with E-state index in [0.29, 0.717) is 12.2 Å². The summed E-state index contributed by atoms with van der Waals surface area (Å²) in [5, 5.41) is 10.0. The summed E-state index contributed by atoms with van der Waals surface area (Å²) >= 11 is 1.50. The summed E-state index contributed by atoms with van der Waals surface area (Å²) in [6.07, 6.45) is 2.28. The molecule has 1 aromatic carbocycles. The molecule has 1 aromatic heterocycles. The highest BCUT2D eigenvalue weighted by Gasteiger charge is 2.32. The summed E-state index contributed by atoms with van der Waals surface area (Å²) < 4.78 is 4.98. The molecule has 3 rings (SSSR count). The van der Waals surface area contributed by atoms with Gasteiger partial charge in [-0.2, -0.15) is 0 Å². The molecule has 2 aromatic rings. The Hall–Kier alpha value is -1.85. The van der Waals surface area contributed by atoms with Crippen LogP contribution in [0.15, 0.2) is 41.4 Å². The monoisotopic (exact) mass is 343 g/mol. The molecule has 0 radical (unpaired) electrons. The predicted octanol–water partition coefficient (Wildman–Crippen LogP) is 4.02. The summed E-state index contributed by atoms with van der Waals surface area (Å²) in [5.41, 5.74) is 3.07. The number of aromatic nitrogens is 1. The first-order chi connectivity index (χ1) is 11.4. The van der Waals surface area contributed by atoms with Crippen LogP contribution in [-0.2, 0) is 10.2 Å². The molecule has 0 aliphatic carbocycles. The smallest absolute Gasteiger partial charge is 0.339 e. The Bertz CT molecular complexity index is 756. The van der Waals surface area contributed by atoms with Gasteiger partial charge in [0, 0.05) is 16.7 Å². The first-order valence-corrected chi connectivity index (χ1v) is 8.91. The fourth-order valence-corrected chi connectivity index (χ4v) is 4.36. The van der Waals surface area contributed by atoms with Gasteiger partial charge < -0.3 is 9.84 Å². The van der Waals surface area contributed by atoms with Crippen LogP contribution >= 0.6 is 11.8 Å². The Morgan fingerprint density at radius 2 is 2.17 bits per heavy atom. The van der Waals surface area contributed by atoms with Crippen LogP contribution in [0.1, 0.15) is 43.1 Å². The van der Waals surface area contributed by atoms with Crippen molar-refractivity contribution in [3.63, 3.8) is 0 Å². The number of esters is 1. The summed E-state index contributed by atoms with van der Waals surface area (Å²) in [4.78, 5) is 17.2. The number of aliphatic hydroxyl groups excluding tert-OH is 1. The fraction of sp³-hybridized carbons (Fsp3) is 0.368. The van der Waals surface area contributed by atoms with Crippen molar-refractivity contribution in [3.05, 3.63) is 47.7 Å². The minimum atomic E-state index is -0.361. The topological polar surface area (TPSA) is 59.4 Å². The highest BCUT2D eigenvalue weighted by molar-refractivity contribution is 7.99. The number of benzene rings is 1. The average molecular weight is 343 g/mol. The number of thioether (sulfide) groups is 1. The Labute approximate surface area is 146 Å². The van der Waals surface area contributed by atoms with Crippen molar-refractivity contribution in [1.29, 1.82) is 0 Å². The molecule has 1 aliphatic heterocycles. The molecule has 24 heavy (non-hydrogen) atoms. The lowest BCUT2D eigenvalue weighted by atomic mass is 9.80. The molecule has 1 N–H and O–H groups in total. The predicted molar refractivity (Wildman–Crippen MR) is 95.1 cm³/mol. The van der Waals surface area contributed by atoms with E-state index in [9.17, 15) is 9.90 Å². The molecule has 0 amide bonds. The minimum Gasteiger partial charge on any atom is -0.462 e. The summed E-state index contributed by atoms with van der Waals surface area (Å²) in [5.74, 6) is -0.353. The highest BCUT2D eigenvalue weighted by atomic mass is 32.2. The Balaban J connectivity index is 1.92. The minimum absolute atomic E-state index is 0.0825. The zero-order valence-corrected chi connectivity index (χ0v) is 14.9. The fourth-order valence-electron chi connectivity index (χ4n) is 2.96. The molecule has 1 atom stereocenters. The third-order valence-corrected chi connectivity index (χ3v) is 5.28. The van der Waals surface area contributed by atoms with E-state index >= 15 is 0 Å². The lowest BCUT2D eigenvalue weighted by Crippen LogP contribution is -2.27. The lowest BCUT2D eigenvalue weighted by molar-refractivity contribution is 0.0526. The summed E-state index contributed by atoms with van der Waals surface area (Å²) in [7, 11) is 0. The van der Waals surface area contributed by atoms with Gasteiger partial charge in [0.25, 0.3) is 0 Å². The van der Waals surface area contributed by atoms with E-state index in [2.05, 4.69) is 24.9 Å². The van der Waals surface area contributed by atoms with Crippen molar-refractivity contribution >= 4 is 17.7 Å². The van der Waals surface area contributed by atoms with Gasteiger partial charge in [-0.3, -0.25) is 4.98 Å². The molecule has 126 valence electrons. The molecule has 0 bridgehead atoms. The van der Waals surface area contributed by atoms with Gasteiger partial charge in [0.15, 0.2) is 0 Å². The summed E-state index contributed by atoms with van der Waals surface area (Å²) in [6.45, 7) is 6.43. The summed E-state index contributed by atoms with van der Waals surface area (Å²) in [6, 6.07) is 9.77.